The molecule has 2 aromatic carbocycles. The van der Waals surface area contributed by atoms with Gasteiger partial charge in [-0.15, -0.1) is 0 Å². The van der Waals surface area contributed by atoms with Crippen molar-refractivity contribution in [3.8, 4) is 0 Å². The number of hydrogen-bond donors (Lipinski definition) is 1. The van der Waals surface area contributed by atoms with Gasteiger partial charge in [-0.05, 0) is 42.1 Å². The molecule has 0 unspecified atom stereocenters. The molecular formula is C18H15FN2O2. The van der Waals surface area contributed by atoms with Crippen molar-refractivity contribution in [2.24, 2.45) is 0 Å². The number of pyridine rings is 1. The van der Waals surface area contributed by atoms with Crippen molar-refractivity contribution in [3.63, 3.8) is 0 Å². The number of hydrogen-bond acceptors (Lipinski definition) is 3. The highest BCUT2D eigenvalue weighted by Gasteiger charge is 2.16. The maximum Gasteiger partial charge on any atom is 0.260 e. The summed E-state index contributed by atoms with van der Waals surface area (Å²) in [4.78, 5) is 25.0. The van der Waals surface area contributed by atoms with E-state index in [1.54, 1.807) is 43.3 Å². The molecule has 2 N–H and O–H groups in total. The van der Waals surface area contributed by atoms with Gasteiger partial charge in [0.15, 0.2) is 0 Å². The highest BCUT2D eigenvalue weighted by atomic mass is 19.1. The minimum Gasteiger partial charge on any atom is -0.399 e. The van der Waals surface area contributed by atoms with Crippen molar-refractivity contribution in [2.45, 2.75) is 13.3 Å². The average Bonchev–Trinajstić information content (AvgIpc) is 2.51. The van der Waals surface area contributed by atoms with Gasteiger partial charge in [-0.2, -0.15) is 0 Å². The van der Waals surface area contributed by atoms with Crippen LogP contribution in [0.1, 0.15) is 15.9 Å². The van der Waals surface area contributed by atoms with Crippen LogP contribution in [-0.2, 0) is 6.42 Å². The second-order valence-corrected chi connectivity index (χ2v) is 5.45. The Hall–Kier alpha value is -2.95. The highest BCUT2D eigenvalue weighted by Crippen LogP contribution is 2.18. The summed E-state index contributed by atoms with van der Waals surface area (Å²) in [6.45, 7) is 1.64. The molecule has 116 valence electrons. The number of aromatic nitrogens is 1. The topological polar surface area (TPSA) is 65.1 Å². The molecule has 0 saturated heterocycles. The molecule has 4 nitrogen and oxygen atoms in total. The van der Waals surface area contributed by atoms with Crippen LogP contribution in [0.25, 0.3) is 10.9 Å². The molecule has 3 rings (SSSR count). The number of aryl methyl sites for hydroxylation is 1. The number of nitrogens with two attached hydrogens (primary N) is 1. The van der Waals surface area contributed by atoms with Gasteiger partial charge in [0.2, 0.25) is 5.91 Å². The monoisotopic (exact) mass is 310 g/mol. The van der Waals surface area contributed by atoms with Gasteiger partial charge in [0.25, 0.3) is 5.56 Å². The van der Waals surface area contributed by atoms with Gasteiger partial charge < -0.3 is 5.73 Å². The lowest BCUT2D eigenvalue weighted by Gasteiger charge is -2.11. The van der Waals surface area contributed by atoms with E-state index in [0.29, 0.717) is 16.8 Å². The SMILES string of the molecule is Cc1cc2ccc(N)cc2n(C(=O)Cc2ccccc2F)c1=O. The summed E-state index contributed by atoms with van der Waals surface area (Å²) in [6.07, 6.45) is -0.195. The Morgan fingerprint density at radius 1 is 1.17 bits per heavy atom. The van der Waals surface area contributed by atoms with Crippen molar-refractivity contribution in [2.75, 3.05) is 5.73 Å². The first-order chi connectivity index (χ1) is 11.0. The number of carbonyl (C=O) groups is 1. The van der Waals surface area contributed by atoms with Crippen LogP contribution in [0, 0.1) is 12.7 Å². The predicted octanol–water partition coefficient (Wildman–Crippen LogP) is 2.91. The lowest BCUT2D eigenvalue weighted by molar-refractivity contribution is 0.0914. The van der Waals surface area contributed by atoms with Gasteiger partial charge in [0, 0.05) is 11.3 Å². The molecule has 1 heterocycles. The Kier molecular flexibility index (Phi) is 3.70. The fourth-order valence-corrected chi connectivity index (χ4v) is 2.59. The van der Waals surface area contributed by atoms with Crippen molar-refractivity contribution in [1.82, 2.24) is 4.57 Å². The molecule has 0 aliphatic rings. The van der Waals surface area contributed by atoms with Crippen LogP contribution in [0.3, 0.4) is 0 Å². The molecular weight excluding hydrogens is 295 g/mol. The molecule has 1 aromatic heterocycles. The Morgan fingerprint density at radius 2 is 1.91 bits per heavy atom. The molecule has 0 radical (unpaired) electrons. The van der Waals surface area contributed by atoms with Crippen molar-refractivity contribution >= 4 is 22.5 Å². The predicted molar refractivity (Wildman–Crippen MR) is 88.1 cm³/mol. The number of nitrogen functional groups attached to an aromatic ring is 1. The van der Waals surface area contributed by atoms with E-state index >= 15 is 0 Å². The van der Waals surface area contributed by atoms with Crippen LogP contribution >= 0.6 is 0 Å². The van der Waals surface area contributed by atoms with Crippen LogP contribution in [-0.4, -0.2) is 10.5 Å². The Bertz CT molecular complexity index is 976. The fraction of sp³-hybridized carbons (Fsp3) is 0.111. The normalized spacial score (nSPS) is 10.9. The summed E-state index contributed by atoms with van der Waals surface area (Å²) >= 11 is 0. The van der Waals surface area contributed by atoms with Gasteiger partial charge >= 0.3 is 0 Å². The number of rotatable bonds is 2. The number of benzene rings is 2. The Balaban J connectivity index is 2.17. The average molecular weight is 310 g/mol. The van der Waals surface area contributed by atoms with E-state index in [2.05, 4.69) is 0 Å². The summed E-state index contributed by atoms with van der Waals surface area (Å²) < 4.78 is 14.8. The molecule has 23 heavy (non-hydrogen) atoms. The molecule has 0 aliphatic heterocycles. The number of carbonyl (C=O) groups excluding carboxylic acids is 1. The minimum absolute atomic E-state index is 0.195. The lowest BCUT2D eigenvalue weighted by Crippen LogP contribution is -2.30. The summed E-state index contributed by atoms with van der Waals surface area (Å²) in [7, 11) is 0. The summed E-state index contributed by atoms with van der Waals surface area (Å²) in [5.41, 5.74) is 6.94. The zero-order valence-corrected chi connectivity index (χ0v) is 12.5. The van der Waals surface area contributed by atoms with Gasteiger partial charge in [0.1, 0.15) is 5.82 Å². The number of nitrogens with zero attached hydrogens (tertiary/aromatic N) is 1. The second-order valence-electron chi connectivity index (χ2n) is 5.45. The van der Waals surface area contributed by atoms with E-state index in [4.69, 9.17) is 5.73 Å². The smallest absolute Gasteiger partial charge is 0.260 e. The lowest BCUT2D eigenvalue weighted by atomic mass is 10.1. The molecule has 3 aromatic rings. The fourth-order valence-electron chi connectivity index (χ4n) is 2.59. The molecule has 0 amide bonds. The molecule has 0 fully saturated rings. The molecule has 5 heteroatoms. The first kappa shape index (κ1) is 15.0. The minimum atomic E-state index is -0.487. The van der Waals surface area contributed by atoms with E-state index in [9.17, 15) is 14.0 Å². The third-order valence-electron chi connectivity index (χ3n) is 3.76. The second kappa shape index (κ2) is 5.68. The number of halogens is 1. The quantitative estimate of drug-likeness (QED) is 0.740. The zero-order chi connectivity index (χ0) is 16.6. The van der Waals surface area contributed by atoms with Crippen molar-refractivity contribution in [1.29, 1.82) is 0 Å². The van der Waals surface area contributed by atoms with Crippen LogP contribution < -0.4 is 11.3 Å². The van der Waals surface area contributed by atoms with Crippen LogP contribution in [0.4, 0.5) is 10.1 Å². The van der Waals surface area contributed by atoms with Gasteiger partial charge in [-0.3, -0.25) is 9.59 Å². The molecule has 0 aliphatic carbocycles. The largest absolute Gasteiger partial charge is 0.399 e. The zero-order valence-electron chi connectivity index (χ0n) is 12.5. The van der Waals surface area contributed by atoms with E-state index in [1.165, 1.54) is 12.1 Å². The third kappa shape index (κ3) is 2.73. The summed E-state index contributed by atoms with van der Waals surface area (Å²) in [5.74, 6) is -0.954. The first-order valence-electron chi connectivity index (χ1n) is 7.16. The molecule has 0 atom stereocenters. The molecule has 0 bridgehead atoms. The van der Waals surface area contributed by atoms with E-state index in [0.717, 1.165) is 9.95 Å². The van der Waals surface area contributed by atoms with Gasteiger partial charge in [-0.25, -0.2) is 8.96 Å². The van der Waals surface area contributed by atoms with Crippen LogP contribution in [0.15, 0.2) is 53.3 Å². The van der Waals surface area contributed by atoms with Crippen molar-refractivity contribution < 1.29 is 9.18 Å². The van der Waals surface area contributed by atoms with Gasteiger partial charge in [0.05, 0.1) is 11.9 Å². The third-order valence-corrected chi connectivity index (χ3v) is 3.76. The standard InChI is InChI=1S/C18H15FN2O2/c1-11-8-13-6-7-14(20)10-16(13)21(18(11)23)17(22)9-12-4-2-3-5-15(12)19/h2-8,10H,9,20H2,1H3. The van der Waals surface area contributed by atoms with E-state index in [-0.39, 0.29) is 12.0 Å². The Labute approximate surface area is 132 Å². The van der Waals surface area contributed by atoms with E-state index in [1.807, 2.05) is 0 Å². The molecule has 0 saturated carbocycles. The maximum atomic E-state index is 13.8. The van der Waals surface area contributed by atoms with Crippen LogP contribution in [0.2, 0.25) is 0 Å². The Morgan fingerprint density at radius 3 is 2.65 bits per heavy atom. The first-order valence-corrected chi connectivity index (χ1v) is 7.16. The molecule has 0 spiro atoms. The number of anilines is 1. The maximum absolute atomic E-state index is 13.8. The van der Waals surface area contributed by atoms with Gasteiger partial charge in [-0.1, -0.05) is 24.3 Å². The highest BCUT2D eigenvalue weighted by molar-refractivity contribution is 5.93. The number of fused-ring (bicyclic) bond motifs is 1. The van der Waals surface area contributed by atoms with Crippen molar-refractivity contribution in [3.05, 3.63) is 75.8 Å². The summed E-state index contributed by atoms with van der Waals surface area (Å²) in [5, 5.41) is 0.734. The van der Waals surface area contributed by atoms with E-state index < -0.39 is 17.3 Å². The summed E-state index contributed by atoms with van der Waals surface area (Å²) in [6, 6.07) is 12.8. The van der Waals surface area contributed by atoms with Crippen LogP contribution in [0.5, 0.6) is 0 Å².